The Morgan fingerprint density at radius 2 is 1.96 bits per heavy atom. The number of rotatable bonds is 3. The van der Waals surface area contributed by atoms with Crippen molar-refractivity contribution in [3.8, 4) is 0 Å². The van der Waals surface area contributed by atoms with Crippen molar-refractivity contribution in [2.24, 2.45) is 9.98 Å². The van der Waals surface area contributed by atoms with E-state index in [4.69, 9.17) is 4.99 Å². The molecule has 1 aromatic rings. The molecule has 0 spiro atoms. The van der Waals surface area contributed by atoms with Gasteiger partial charge in [-0.2, -0.15) is 0 Å². The van der Waals surface area contributed by atoms with Crippen LogP contribution >= 0.6 is 0 Å². The van der Waals surface area contributed by atoms with E-state index >= 15 is 0 Å². The third-order valence-electron chi connectivity index (χ3n) is 4.63. The summed E-state index contributed by atoms with van der Waals surface area (Å²) in [7, 11) is 0. The average Bonchev–Trinajstić information content (AvgIpc) is 2.49. The van der Waals surface area contributed by atoms with Gasteiger partial charge in [0.05, 0.1) is 16.9 Å². The molecule has 122 valence electrons. The molecule has 2 heteroatoms. The van der Waals surface area contributed by atoms with Crippen LogP contribution in [0.4, 0.5) is 0 Å². The molecule has 2 nitrogen and oxygen atoms in total. The third kappa shape index (κ3) is 2.62. The van der Waals surface area contributed by atoms with E-state index in [2.05, 4.69) is 63.5 Å². The molecule has 0 saturated carbocycles. The fraction of sp³-hybridized carbons (Fsp3) is 0.273. The first-order chi connectivity index (χ1) is 11.3. The van der Waals surface area contributed by atoms with Gasteiger partial charge in [0.15, 0.2) is 0 Å². The van der Waals surface area contributed by atoms with Crippen LogP contribution < -0.4 is 0 Å². The fourth-order valence-corrected chi connectivity index (χ4v) is 3.06. The summed E-state index contributed by atoms with van der Waals surface area (Å²) < 4.78 is 0. The first kappa shape index (κ1) is 16.4. The van der Waals surface area contributed by atoms with E-state index in [-0.39, 0.29) is 5.54 Å². The molecule has 0 saturated heterocycles. The van der Waals surface area contributed by atoms with Crippen LogP contribution in [0.3, 0.4) is 0 Å². The van der Waals surface area contributed by atoms with Gasteiger partial charge in [-0.1, -0.05) is 48.6 Å². The van der Waals surface area contributed by atoms with Crippen molar-refractivity contribution in [3.63, 3.8) is 0 Å². The number of aliphatic imine (C=N–C) groups is 2. The van der Waals surface area contributed by atoms with E-state index in [1.165, 1.54) is 11.1 Å². The van der Waals surface area contributed by atoms with E-state index in [0.29, 0.717) is 0 Å². The van der Waals surface area contributed by atoms with Crippen LogP contribution in [0.5, 0.6) is 0 Å². The van der Waals surface area contributed by atoms with E-state index in [0.717, 1.165) is 33.7 Å². The SMILES string of the molecule is C=C1c2cc(C)ccc2C(C2=C(/C(C)=C\C=C/C)N=C2)=NC1(C)C. The minimum atomic E-state index is -0.307. The smallest absolute Gasteiger partial charge is 0.0808 e. The van der Waals surface area contributed by atoms with Gasteiger partial charge in [-0.05, 0) is 51.3 Å². The predicted molar refractivity (Wildman–Crippen MR) is 105 cm³/mol. The van der Waals surface area contributed by atoms with Gasteiger partial charge in [0.2, 0.25) is 0 Å². The molecular formula is C22H24N2. The Morgan fingerprint density at radius 1 is 1.21 bits per heavy atom. The molecule has 0 radical (unpaired) electrons. The molecule has 0 amide bonds. The summed E-state index contributed by atoms with van der Waals surface area (Å²) in [5, 5.41) is 0. The maximum absolute atomic E-state index is 5.02. The van der Waals surface area contributed by atoms with Crippen LogP contribution in [0.15, 0.2) is 69.8 Å². The van der Waals surface area contributed by atoms with Gasteiger partial charge in [-0.15, -0.1) is 0 Å². The zero-order valence-corrected chi connectivity index (χ0v) is 15.1. The lowest BCUT2D eigenvalue weighted by Gasteiger charge is -2.33. The number of allylic oxidation sites excluding steroid dienone is 5. The first-order valence-corrected chi connectivity index (χ1v) is 8.34. The summed E-state index contributed by atoms with van der Waals surface area (Å²) in [5.74, 6) is 0. The first-order valence-electron chi connectivity index (χ1n) is 8.34. The summed E-state index contributed by atoms with van der Waals surface area (Å²) >= 11 is 0. The lowest BCUT2D eigenvalue weighted by molar-refractivity contribution is 0.674. The molecule has 0 aromatic heterocycles. The maximum atomic E-state index is 5.02. The van der Waals surface area contributed by atoms with Gasteiger partial charge in [-0.3, -0.25) is 9.98 Å². The normalized spacial score (nSPS) is 19.5. The van der Waals surface area contributed by atoms with Gasteiger partial charge in [0, 0.05) is 17.4 Å². The van der Waals surface area contributed by atoms with E-state index in [1.807, 2.05) is 25.3 Å². The molecule has 3 rings (SSSR count). The summed E-state index contributed by atoms with van der Waals surface area (Å²) in [6.45, 7) is 14.8. The lowest BCUT2D eigenvalue weighted by Crippen LogP contribution is -2.30. The van der Waals surface area contributed by atoms with Crippen LogP contribution in [0.2, 0.25) is 0 Å². The monoisotopic (exact) mass is 316 g/mol. The molecule has 2 aliphatic heterocycles. The van der Waals surface area contributed by atoms with E-state index < -0.39 is 0 Å². The van der Waals surface area contributed by atoms with Crippen molar-refractivity contribution in [2.45, 2.75) is 40.2 Å². The minimum Gasteiger partial charge on any atom is -0.273 e. The van der Waals surface area contributed by atoms with Crippen LogP contribution in [-0.4, -0.2) is 17.5 Å². The van der Waals surface area contributed by atoms with Gasteiger partial charge in [0.1, 0.15) is 0 Å². The summed E-state index contributed by atoms with van der Waals surface area (Å²) in [4.78, 5) is 9.51. The van der Waals surface area contributed by atoms with Crippen molar-refractivity contribution >= 4 is 17.5 Å². The highest BCUT2D eigenvalue weighted by Crippen LogP contribution is 2.39. The largest absolute Gasteiger partial charge is 0.273 e. The standard InChI is InChI=1S/C22H24N2/c1-7-8-9-15(3)20-19(13-23-20)21-17-11-10-14(2)12-18(17)16(4)22(5,6)24-21/h7-13H,4H2,1-3,5-6H3/b8-7-,15-9-. The molecule has 24 heavy (non-hydrogen) atoms. The molecule has 0 N–H and O–H groups in total. The Morgan fingerprint density at radius 3 is 2.58 bits per heavy atom. The average molecular weight is 316 g/mol. The molecule has 1 aromatic carbocycles. The number of hydrogen-bond donors (Lipinski definition) is 0. The Labute approximate surface area is 144 Å². The van der Waals surface area contributed by atoms with Crippen LogP contribution in [0, 0.1) is 6.92 Å². The zero-order valence-electron chi connectivity index (χ0n) is 15.1. The molecule has 2 heterocycles. The Balaban J connectivity index is 2.16. The molecule has 0 atom stereocenters. The quantitative estimate of drug-likeness (QED) is 0.662. The second-order valence-electron chi connectivity index (χ2n) is 6.94. The van der Waals surface area contributed by atoms with Crippen molar-refractivity contribution in [1.29, 1.82) is 0 Å². The minimum absolute atomic E-state index is 0.307. The zero-order chi connectivity index (χ0) is 17.5. The van der Waals surface area contributed by atoms with Crippen molar-refractivity contribution in [2.75, 3.05) is 0 Å². The number of benzene rings is 1. The van der Waals surface area contributed by atoms with Crippen LogP contribution in [0.1, 0.15) is 44.4 Å². The highest BCUT2D eigenvalue weighted by atomic mass is 14.9. The van der Waals surface area contributed by atoms with Gasteiger partial charge in [0.25, 0.3) is 0 Å². The topological polar surface area (TPSA) is 24.7 Å². The Bertz CT molecular complexity index is 871. The number of hydrogen-bond acceptors (Lipinski definition) is 2. The third-order valence-corrected chi connectivity index (χ3v) is 4.63. The van der Waals surface area contributed by atoms with Gasteiger partial charge >= 0.3 is 0 Å². The second-order valence-corrected chi connectivity index (χ2v) is 6.94. The maximum Gasteiger partial charge on any atom is 0.0808 e. The van der Waals surface area contributed by atoms with Crippen molar-refractivity contribution < 1.29 is 0 Å². The molecule has 0 bridgehead atoms. The van der Waals surface area contributed by atoms with Crippen LogP contribution in [-0.2, 0) is 0 Å². The summed E-state index contributed by atoms with van der Waals surface area (Å²) in [6, 6.07) is 6.51. The fourth-order valence-electron chi connectivity index (χ4n) is 3.06. The molecular weight excluding hydrogens is 292 g/mol. The van der Waals surface area contributed by atoms with Crippen molar-refractivity contribution in [1.82, 2.24) is 0 Å². The van der Waals surface area contributed by atoms with Crippen LogP contribution in [0.25, 0.3) is 5.57 Å². The number of nitrogens with zero attached hydrogens (tertiary/aromatic N) is 2. The highest BCUT2D eigenvalue weighted by molar-refractivity contribution is 6.29. The number of aryl methyl sites for hydroxylation is 1. The van der Waals surface area contributed by atoms with E-state index in [9.17, 15) is 0 Å². The predicted octanol–water partition coefficient (Wildman–Crippen LogP) is 5.45. The van der Waals surface area contributed by atoms with Crippen molar-refractivity contribution in [3.05, 3.63) is 76.5 Å². The molecule has 2 aliphatic rings. The second kappa shape index (κ2) is 5.86. The highest BCUT2D eigenvalue weighted by Gasteiger charge is 2.33. The summed E-state index contributed by atoms with van der Waals surface area (Å²) in [6.07, 6.45) is 8.08. The lowest BCUT2D eigenvalue weighted by atomic mass is 9.79. The Kier molecular flexibility index (Phi) is 4.00. The molecule has 0 aliphatic carbocycles. The Hall–Kier alpha value is -2.48. The van der Waals surface area contributed by atoms with E-state index in [1.54, 1.807) is 0 Å². The van der Waals surface area contributed by atoms with Gasteiger partial charge in [-0.25, -0.2) is 0 Å². The van der Waals surface area contributed by atoms with Gasteiger partial charge < -0.3 is 0 Å². The molecule has 0 unspecified atom stereocenters. The molecule has 0 fully saturated rings. The summed E-state index contributed by atoms with van der Waals surface area (Å²) in [5.41, 5.74) is 8.70. The number of fused-ring (bicyclic) bond motifs is 1.